The van der Waals surface area contributed by atoms with Gasteiger partial charge in [0.05, 0.1) is 5.56 Å². The van der Waals surface area contributed by atoms with Crippen LogP contribution in [0.5, 0.6) is 0 Å². The van der Waals surface area contributed by atoms with Gasteiger partial charge in [0, 0.05) is 12.6 Å². The van der Waals surface area contributed by atoms with Gasteiger partial charge in [0.25, 0.3) is 0 Å². The summed E-state index contributed by atoms with van der Waals surface area (Å²) in [6, 6.07) is 26.6. The zero-order valence-electron chi connectivity index (χ0n) is 17.4. The number of hydrogen-bond donors (Lipinski definition) is 2. The molecule has 3 aromatic rings. The van der Waals surface area contributed by atoms with Crippen LogP contribution in [0.25, 0.3) is 5.57 Å². The minimum absolute atomic E-state index is 0.197. The molecule has 1 aliphatic carbocycles. The van der Waals surface area contributed by atoms with Crippen molar-refractivity contribution < 1.29 is 9.90 Å². The van der Waals surface area contributed by atoms with E-state index in [1.807, 2.05) is 24.3 Å². The molecular weight excluding hydrogens is 370 g/mol. The highest BCUT2D eigenvalue weighted by Gasteiger charge is 2.29. The Morgan fingerprint density at radius 3 is 2.37 bits per heavy atom. The standard InChI is InChI=1S/C27H27NO2/c1-18-15-23-16-22(27(29)30)13-14-24(23)26(21-11-7-4-8-12-21)25(18)19(2)28-17-20-9-5-3-6-10-20/h3-14,16,18-19,28H,15,17H2,1-2H3,(H,29,30). The minimum Gasteiger partial charge on any atom is -0.478 e. The molecule has 0 aromatic heterocycles. The molecule has 3 aromatic carbocycles. The third-order valence-electron chi connectivity index (χ3n) is 5.95. The maximum atomic E-state index is 11.5. The predicted molar refractivity (Wildman–Crippen MR) is 121 cm³/mol. The van der Waals surface area contributed by atoms with Crippen LogP contribution in [0, 0.1) is 5.92 Å². The molecule has 0 bridgehead atoms. The Balaban J connectivity index is 1.77. The number of rotatable bonds is 6. The van der Waals surface area contributed by atoms with Crippen LogP contribution in [0.4, 0.5) is 0 Å². The first-order chi connectivity index (χ1) is 14.5. The summed E-state index contributed by atoms with van der Waals surface area (Å²) in [5.74, 6) is -0.561. The van der Waals surface area contributed by atoms with Gasteiger partial charge in [-0.05, 0) is 64.8 Å². The second-order valence-electron chi connectivity index (χ2n) is 8.07. The average Bonchev–Trinajstić information content (AvgIpc) is 2.77. The molecule has 0 radical (unpaired) electrons. The van der Waals surface area contributed by atoms with Crippen LogP contribution in [-0.4, -0.2) is 17.1 Å². The van der Waals surface area contributed by atoms with Crippen molar-refractivity contribution in [3.63, 3.8) is 0 Å². The van der Waals surface area contributed by atoms with Crippen molar-refractivity contribution in [2.24, 2.45) is 5.92 Å². The van der Waals surface area contributed by atoms with Gasteiger partial charge >= 0.3 is 5.97 Å². The summed E-state index contributed by atoms with van der Waals surface area (Å²) in [4.78, 5) is 11.5. The smallest absolute Gasteiger partial charge is 0.335 e. The first kappa shape index (κ1) is 20.1. The number of carboxylic acid groups (broad SMARTS) is 1. The molecular formula is C27H27NO2. The Labute approximate surface area is 178 Å². The van der Waals surface area contributed by atoms with Crippen LogP contribution in [0.1, 0.15) is 46.5 Å². The van der Waals surface area contributed by atoms with E-state index in [0.717, 1.165) is 24.1 Å². The van der Waals surface area contributed by atoms with Gasteiger partial charge in [-0.2, -0.15) is 0 Å². The topological polar surface area (TPSA) is 49.3 Å². The Morgan fingerprint density at radius 1 is 1.03 bits per heavy atom. The van der Waals surface area contributed by atoms with Gasteiger partial charge in [-0.3, -0.25) is 0 Å². The van der Waals surface area contributed by atoms with Crippen LogP contribution in [-0.2, 0) is 13.0 Å². The van der Waals surface area contributed by atoms with E-state index in [1.54, 1.807) is 6.07 Å². The van der Waals surface area contributed by atoms with E-state index in [0.29, 0.717) is 11.5 Å². The SMILES string of the molecule is CC1Cc2cc(C(=O)O)ccc2C(c2ccccc2)=C1C(C)NCc1ccccc1. The first-order valence-electron chi connectivity index (χ1n) is 10.5. The molecule has 3 heteroatoms. The van der Waals surface area contributed by atoms with Crippen LogP contribution >= 0.6 is 0 Å². The summed E-state index contributed by atoms with van der Waals surface area (Å²) in [6.07, 6.45) is 0.847. The Bertz CT molecular complexity index is 1070. The maximum absolute atomic E-state index is 11.5. The van der Waals surface area contributed by atoms with Crippen LogP contribution in [0.3, 0.4) is 0 Å². The molecule has 1 aliphatic rings. The summed E-state index contributed by atoms with van der Waals surface area (Å²) in [5, 5.41) is 13.1. The average molecular weight is 398 g/mol. The third kappa shape index (κ3) is 4.07. The van der Waals surface area contributed by atoms with Crippen molar-refractivity contribution in [2.75, 3.05) is 0 Å². The molecule has 0 saturated carbocycles. The molecule has 0 spiro atoms. The fourth-order valence-electron chi connectivity index (χ4n) is 4.53. The van der Waals surface area contributed by atoms with E-state index in [2.05, 4.69) is 67.7 Å². The van der Waals surface area contributed by atoms with E-state index in [-0.39, 0.29) is 6.04 Å². The van der Waals surface area contributed by atoms with Crippen molar-refractivity contribution in [1.82, 2.24) is 5.32 Å². The summed E-state index contributed by atoms with van der Waals surface area (Å²) in [5.41, 5.74) is 7.67. The van der Waals surface area contributed by atoms with Gasteiger partial charge in [0.2, 0.25) is 0 Å². The van der Waals surface area contributed by atoms with E-state index in [9.17, 15) is 9.90 Å². The molecule has 2 atom stereocenters. The highest BCUT2D eigenvalue weighted by molar-refractivity contribution is 5.91. The number of carbonyl (C=O) groups is 1. The van der Waals surface area contributed by atoms with Crippen LogP contribution < -0.4 is 5.32 Å². The quantitative estimate of drug-likeness (QED) is 0.573. The van der Waals surface area contributed by atoms with Gasteiger partial charge in [0.1, 0.15) is 0 Å². The molecule has 3 nitrogen and oxygen atoms in total. The predicted octanol–water partition coefficient (Wildman–Crippen LogP) is 5.56. The van der Waals surface area contributed by atoms with Gasteiger partial charge in [-0.1, -0.05) is 73.7 Å². The molecule has 152 valence electrons. The summed E-state index contributed by atoms with van der Waals surface area (Å²) >= 11 is 0. The fraction of sp³-hybridized carbons (Fsp3) is 0.222. The van der Waals surface area contributed by atoms with E-state index >= 15 is 0 Å². The van der Waals surface area contributed by atoms with Crippen LogP contribution in [0.2, 0.25) is 0 Å². The molecule has 0 amide bonds. The van der Waals surface area contributed by atoms with Gasteiger partial charge in [0.15, 0.2) is 0 Å². The van der Waals surface area contributed by atoms with Gasteiger partial charge in [-0.25, -0.2) is 4.79 Å². The number of nitrogens with one attached hydrogen (secondary N) is 1. The summed E-state index contributed by atoms with van der Waals surface area (Å²) in [6.45, 7) is 5.29. The number of carboxylic acids is 1. The second kappa shape index (κ2) is 8.68. The minimum atomic E-state index is -0.876. The number of aromatic carboxylic acids is 1. The Hall–Kier alpha value is -3.17. The van der Waals surface area contributed by atoms with Crippen molar-refractivity contribution in [3.05, 3.63) is 112 Å². The zero-order chi connectivity index (χ0) is 21.1. The molecule has 2 unspecified atom stereocenters. The molecule has 4 rings (SSSR count). The highest BCUT2D eigenvalue weighted by atomic mass is 16.4. The zero-order valence-corrected chi connectivity index (χ0v) is 17.4. The lowest BCUT2D eigenvalue weighted by Crippen LogP contribution is -2.33. The highest BCUT2D eigenvalue weighted by Crippen LogP contribution is 2.40. The maximum Gasteiger partial charge on any atom is 0.335 e. The lowest BCUT2D eigenvalue weighted by atomic mass is 9.74. The monoisotopic (exact) mass is 397 g/mol. The van der Waals surface area contributed by atoms with Gasteiger partial charge < -0.3 is 10.4 Å². The van der Waals surface area contributed by atoms with E-state index < -0.39 is 5.97 Å². The van der Waals surface area contributed by atoms with Crippen molar-refractivity contribution in [3.8, 4) is 0 Å². The molecule has 0 fully saturated rings. The van der Waals surface area contributed by atoms with Crippen molar-refractivity contribution >= 4 is 11.5 Å². The molecule has 0 saturated heterocycles. The normalized spacial score (nSPS) is 16.8. The summed E-state index contributed by atoms with van der Waals surface area (Å²) < 4.78 is 0. The van der Waals surface area contributed by atoms with E-state index in [4.69, 9.17) is 0 Å². The fourth-order valence-corrected chi connectivity index (χ4v) is 4.53. The Morgan fingerprint density at radius 2 is 1.70 bits per heavy atom. The molecule has 30 heavy (non-hydrogen) atoms. The second-order valence-corrected chi connectivity index (χ2v) is 8.07. The van der Waals surface area contributed by atoms with Crippen molar-refractivity contribution in [1.29, 1.82) is 0 Å². The summed E-state index contributed by atoms with van der Waals surface area (Å²) in [7, 11) is 0. The number of hydrogen-bond acceptors (Lipinski definition) is 2. The van der Waals surface area contributed by atoms with E-state index in [1.165, 1.54) is 22.3 Å². The molecule has 0 aliphatic heterocycles. The third-order valence-corrected chi connectivity index (χ3v) is 5.95. The number of benzene rings is 3. The Kier molecular flexibility index (Phi) is 5.82. The lowest BCUT2D eigenvalue weighted by molar-refractivity contribution is 0.0696. The molecule has 0 heterocycles. The largest absolute Gasteiger partial charge is 0.478 e. The van der Waals surface area contributed by atoms with Crippen molar-refractivity contribution in [2.45, 2.75) is 32.9 Å². The number of fused-ring (bicyclic) bond motifs is 1. The molecule has 2 N–H and O–H groups in total. The first-order valence-corrected chi connectivity index (χ1v) is 10.5. The van der Waals surface area contributed by atoms with Crippen LogP contribution in [0.15, 0.2) is 84.4 Å². The van der Waals surface area contributed by atoms with Gasteiger partial charge in [-0.15, -0.1) is 0 Å². The lowest BCUT2D eigenvalue weighted by Gasteiger charge is -2.33.